The maximum Gasteiger partial charge on any atom is -1.00 e. The smallest absolute Gasteiger partial charge is 1.00 e. The molecule has 116 valence electrons. The number of hydrogen-bond acceptors (Lipinski definition) is 0. The number of allylic oxidation sites excluding steroid dienone is 4. The molecule has 0 atom stereocenters. The second-order valence-electron chi connectivity index (χ2n) is 5.51. The standard InChI is InChI=1S/C13H9BrN.C5H5.2ClH.Zr/c1-8-5-9-7-12-10(3-2-4-15-12)13(14)11(9)6-8;1-2-4-5-3-1;;;/h2-3,5-7,15H,1H3;1-3H,4H2;2*1H;/q;;;;+2/p-2. The van der Waals surface area contributed by atoms with E-state index in [1.54, 1.807) is 3.28 Å². The van der Waals surface area contributed by atoms with E-state index in [1.165, 1.54) is 35.1 Å². The van der Waals surface area contributed by atoms with Crippen molar-refractivity contribution in [1.82, 2.24) is 4.98 Å². The summed E-state index contributed by atoms with van der Waals surface area (Å²) < 4.78 is 4.28. The molecular formula is C18H14BrCl2NZr. The summed E-state index contributed by atoms with van der Waals surface area (Å²) in [7, 11) is 0. The Morgan fingerprint density at radius 3 is 2.65 bits per heavy atom. The fourth-order valence-electron chi connectivity index (χ4n) is 2.89. The predicted molar refractivity (Wildman–Crippen MR) is 89.7 cm³/mol. The van der Waals surface area contributed by atoms with Crippen LogP contribution in [-0.2, 0) is 23.2 Å². The van der Waals surface area contributed by atoms with E-state index in [4.69, 9.17) is 0 Å². The van der Waals surface area contributed by atoms with Crippen LogP contribution < -0.4 is 28.2 Å². The number of fused-ring (bicyclic) bond motifs is 2. The minimum absolute atomic E-state index is 0. The Hall–Kier alpha value is -0.337. The van der Waals surface area contributed by atoms with Gasteiger partial charge in [0.1, 0.15) is 0 Å². The molecule has 1 nitrogen and oxygen atoms in total. The summed E-state index contributed by atoms with van der Waals surface area (Å²) >= 11 is 3.12. The number of aromatic nitrogens is 1. The minimum atomic E-state index is -0.657. The van der Waals surface area contributed by atoms with Gasteiger partial charge in [0.05, 0.1) is 0 Å². The summed E-state index contributed by atoms with van der Waals surface area (Å²) in [5, 5.41) is 3.89. The molecule has 5 heteroatoms. The molecule has 0 saturated heterocycles. The Bertz CT molecular complexity index is 928. The van der Waals surface area contributed by atoms with Crippen LogP contribution in [0.4, 0.5) is 0 Å². The SMILES string of the molecule is Cc1cc2cc3[nH][c]([Zr+2][C]4=CC=CC4)ccc3c(Br)c2c1.[Cl-].[Cl-]. The van der Waals surface area contributed by atoms with Crippen LogP contribution in [0.1, 0.15) is 12.0 Å². The van der Waals surface area contributed by atoms with Crippen molar-refractivity contribution in [2.24, 2.45) is 0 Å². The van der Waals surface area contributed by atoms with E-state index >= 15 is 0 Å². The van der Waals surface area contributed by atoms with Gasteiger partial charge in [-0.25, -0.2) is 0 Å². The molecule has 23 heavy (non-hydrogen) atoms. The molecule has 4 rings (SSSR count). The van der Waals surface area contributed by atoms with Gasteiger partial charge >= 0.3 is 144 Å². The third-order valence-corrected chi connectivity index (χ3v) is 7.82. The molecule has 0 fully saturated rings. The first-order valence-corrected chi connectivity index (χ1v) is 10.3. The summed E-state index contributed by atoms with van der Waals surface area (Å²) in [4.78, 5) is 3.67. The van der Waals surface area contributed by atoms with Gasteiger partial charge in [-0.05, 0) is 0 Å². The Morgan fingerprint density at radius 2 is 1.91 bits per heavy atom. The monoisotopic (exact) mass is 483 g/mol. The van der Waals surface area contributed by atoms with E-state index in [-0.39, 0.29) is 24.8 Å². The van der Waals surface area contributed by atoms with Crippen molar-refractivity contribution in [1.29, 1.82) is 0 Å². The minimum Gasteiger partial charge on any atom is -1.00 e. The summed E-state index contributed by atoms with van der Waals surface area (Å²) in [6, 6.07) is 11.3. The first kappa shape index (κ1) is 19.0. The van der Waals surface area contributed by atoms with Crippen LogP contribution in [0.25, 0.3) is 21.7 Å². The molecule has 1 aliphatic rings. The third kappa shape index (κ3) is 3.69. The maximum atomic E-state index is 3.78. The summed E-state index contributed by atoms with van der Waals surface area (Å²) in [5.74, 6) is 0. The van der Waals surface area contributed by atoms with Crippen molar-refractivity contribution >= 4 is 41.0 Å². The molecule has 3 aromatic rings. The van der Waals surface area contributed by atoms with Gasteiger partial charge < -0.3 is 24.8 Å². The van der Waals surface area contributed by atoms with E-state index in [2.05, 4.69) is 76.4 Å². The molecule has 1 aliphatic carbocycles. The van der Waals surface area contributed by atoms with E-state index < -0.39 is 23.2 Å². The topological polar surface area (TPSA) is 15.8 Å². The van der Waals surface area contributed by atoms with E-state index in [0.29, 0.717) is 0 Å². The molecule has 0 radical (unpaired) electrons. The van der Waals surface area contributed by atoms with Crippen molar-refractivity contribution in [3.63, 3.8) is 0 Å². The van der Waals surface area contributed by atoms with E-state index in [9.17, 15) is 0 Å². The van der Waals surface area contributed by atoms with Crippen LogP contribution in [0.15, 0.2) is 56.3 Å². The third-order valence-electron chi connectivity index (χ3n) is 3.88. The summed E-state index contributed by atoms with van der Waals surface area (Å²) in [6.07, 6.45) is 7.89. The van der Waals surface area contributed by atoms with Gasteiger partial charge in [0.25, 0.3) is 0 Å². The molecule has 0 aliphatic heterocycles. The summed E-state index contributed by atoms with van der Waals surface area (Å²) in [6.45, 7) is 2.15. The number of hydrogen-bond donors (Lipinski definition) is 1. The number of halogens is 3. The zero-order valence-electron chi connectivity index (χ0n) is 12.5. The number of rotatable bonds is 2. The van der Waals surface area contributed by atoms with Crippen molar-refractivity contribution < 1.29 is 48.0 Å². The quantitative estimate of drug-likeness (QED) is 0.477. The van der Waals surface area contributed by atoms with Gasteiger partial charge in [0, 0.05) is 0 Å². The predicted octanol–water partition coefficient (Wildman–Crippen LogP) is -1.05. The van der Waals surface area contributed by atoms with Crippen molar-refractivity contribution in [3.05, 3.63) is 61.9 Å². The van der Waals surface area contributed by atoms with Gasteiger partial charge in [-0.1, -0.05) is 0 Å². The van der Waals surface area contributed by atoms with Crippen molar-refractivity contribution in [2.75, 3.05) is 0 Å². The van der Waals surface area contributed by atoms with Crippen LogP contribution in [0.2, 0.25) is 0 Å². The fraction of sp³-hybridized carbons (Fsp3) is 0.111. The van der Waals surface area contributed by atoms with Gasteiger partial charge in [-0.2, -0.15) is 0 Å². The van der Waals surface area contributed by atoms with Crippen molar-refractivity contribution in [2.45, 2.75) is 13.3 Å². The van der Waals surface area contributed by atoms with E-state index in [0.717, 1.165) is 6.42 Å². The normalized spacial score (nSPS) is 12.7. The molecule has 1 aromatic heterocycles. The van der Waals surface area contributed by atoms with Gasteiger partial charge in [0.15, 0.2) is 0 Å². The summed E-state index contributed by atoms with van der Waals surface area (Å²) in [5.41, 5.74) is 2.56. The van der Waals surface area contributed by atoms with Crippen LogP contribution >= 0.6 is 15.9 Å². The Kier molecular flexibility index (Phi) is 6.36. The molecule has 0 spiro atoms. The van der Waals surface area contributed by atoms with Crippen molar-refractivity contribution in [3.8, 4) is 0 Å². The number of benzene rings is 1. The number of pyridine rings is 1. The molecule has 2 aromatic carbocycles. The molecule has 1 heterocycles. The second-order valence-corrected chi connectivity index (χ2v) is 9.82. The number of nitrogens with one attached hydrogen (secondary N) is 1. The van der Waals surface area contributed by atoms with Gasteiger partial charge in [-0.15, -0.1) is 0 Å². The van der Waals surface area contributed by atoms with Gasteiger partial charge in [0.2, 0.25) is 0 Å². The average Bonchev–Trinajstić information content (AvgIpc) is 3.08. The molecule has 0 amide bonds. The molecular weight excluding hydrogens is 472 g/mol. The zero-order valence-corrected chi connectivity index (χ0v) is 18.0. The Balaban J connectivity index is 0.000000960. The first-order valence-electron chi connectivity index (χ1n) is 7.05. The fourth-order valence-corrected chi connectivity index (χ4v) is 6.30. The largest absolute Gasteiger partial charge is 1.00 e. The van der Waals surface area contributed by atoms with Crippen LogP contribution in [-0.4, -0.2) is 4.98 Å². The number of aryl methyl sites for hydroxylation is 1. The Morgan fingerprint density at radius 1 is 1.09 bits per heavy atom. The zero-order chi connectivity index (χ0) is 14.4. The van der Waals surface area contributed by atoms with Crippen LogP contribution in [0, 0.1) is 6.92 Å². The average molecular weight is 486 g/mol. The number of H-pyrrole nitrogens is 1. The molecule has 0 bridgehead atoms. The van der Waals surface area contributed by atoms with Crippen LogP contribution in [0.3, 0.4) is 0 Å². The molecule has 1 N–H and O–H groups in total. The van der Waals surface area contributed by atoms with Gasteiger partial charge in [-0.3, -0.25) is 0 Å². The first-order chi connectivity index (χ1) is 10.2. The second kappa shape index (κ2) is 7.70. The number of aromatic amines is 1. The molecule has 0 saturated carbocycles. The van der Waals surface area contributed by atoms with Crippen LogP contribution in [0.5, 0.6) is 0 Å². The maximum absolute atomic E-state index is 3.78. The van der Waals surface area contributed by atoms with E-state index in [1.807, 2.05) is 0 Å². The molecule has 0 unspecified atom stereocenters. The Labute approximate surface area is 168 Å².